The zero-order valence-corrected chi connectivity index (χ0v) is 23.1. The first kappa shape index (κ1) is 25.7. The van der Waals surface area contributed by atoms with E-state index < -0.39 is 0 Å². The molecule has 0 aliphatic heterocycles. The Hall–Kier alpha value is -3.89. The van der Waals surface area contributed by atoms with Crippen LogP contribution >= 0.6 is 23.5 Å². The molecule has 1 unspecified atom stereocenters. The molecule has 0 saturated heterocycles. The van der Waals surface area contributed by atoms with Gasteiger partial charge in [-0.25, -0.2) is 9.97 Å². The smallest absolute Gasteiger partial charge is 0.281 e. The summed E-state index contributed by atoms with van der Waals surface area (Å²) in [5, 5.41) is 9.63. The molecule has 1 atom stereocenters. The monoisotopic (exact) mass is 547 g/mol. The minimum absolute atomic E-state index is 0.142. The normalized spacial score (nSPS) is 12.2. The first-order chi connectivity index (χ1) is 18.2. The van der Waals surface area contributed by atoms with Crippen LogP contribution in [0, 0.1) is 6.92 Å². The second-order valence-corrected chi connectivity index (χ2v) is 10.2. The third-order valence-electron chi connectivity index (χ3n) is 6.34. The number of pyridine rings is 1. The van der Waals surface area contributed by atoms with E-state index in [4.69, 9.17) is 16.6 Å². The lowest BCUT2D eigenvalue weighted by molar-refractivity contribution is 0.0980. The van der Waals surface area contributed by atoms with E-state index in [9.17, 15) is 9.59 Å². The topological polar surface area (TPSA) is 107 Å². The van der Waals surface area contributed by atoms with Gasteiger partial charge in [0.15, 0.2) is 5.69 Å². The maximum absolute atomic E-state index is 13.5. The van der Waals surface area contributed by atoms with Gasteiger partial charge >= 0.3 is 0 Å². The number of aromatic nitrogens is 5. The Bertz CT molecular complexity index is 1780. The van der Waals surface area contributed by atoms with Crippen LogP contribution in [0.25, 0.3) is 33.2 Å². The number of nitrogens with zero attached hydrogens (tertiary/aromatic N) is 5. The molecular weight excluding hydrogens is 522 g/mol. The fourth-order valence-electron chi connectivity index (χ4n) is 4.60. The van der Waals surface area contributed by atoms with E-state index >= 15 is 0 Å². The number of fused-ring (bicyclic) bond motifs is 2. The predicted molar refractivity (Wildman–Crippen MR) is 154 cm³/mol. The van der Waals surface area contributed by atoms with Crippen LogP contribution in [-0.2, 0) is 14.1 Å². The molecule has 5 rings (SSSR count). The lowest BCUT2D eigenvalue weighted by Gasteiger charge is -2.20. The van der Waals surface area contributed by atoms with Crippen LogP contribution in [0.15, 0.2) is 53.5 Å². The minimum Gasteiger partial charge on any atom is -0.377 e. The highest BCUT2D eigenvalue weighted by molar-refractivity contribution is 7.97. The molecule has 0 aliphatic carbocycles. The summed E-state index contributed by atoms with van der Waals surface area (Å²) in [7, 11) is 3.60. The summed E-state index contributed by atoms with van der Waals surface area (Å²) in [5.74, 6) is 0.184. The summed E-state index contributed by atoms with van der Waals surface area (Å²) < 4.78 is 6.02. The van der Waals surface area contributed by atoms with E-state index in [-0.39, 0.29) is 28.4 Å². The molecule has 38 heavy (non-hydrogen) atoms. The van der Waals surface area contributed by atoms with Gasteiger partial charge in [0.2, 0.25) is 0 Å². The van der Waals surface area contributed by atoms with Crippen molar-refractivity contribution in [1.82, 2.24) is 29.0 Å². The Kier molecular flexibility index (Phi) is 6.85. The molecule has 9 nitrogen and oxygen atoms in total. The molecule has 3 heterocycles. The van der Waals surface area contributed by atoms with Crippen LogP contribution in [0.5, 0.6) is 0 Å². The molecule has 2 N–H and O–H groups in total. The Morgan fingerprint density at radius 2 is 1.89 bits per heavy atom. The van der Waals surface area contributed by atoms with Crippen molar-refractivity contribution >= 4 is 56.9 Å². The highest BCUT2D eigenvalue weighted by Gasteiger charge is 2.20. The molecule has 1 amide bonds. The Balaban J connectivity index is 1.64. The number of amides is 1. The Morgan fingerprint density at radius 3 is 2.66 bits per heavy atom. The average molecular weight is 548 g/mol. The Labute approximate surface area is 228 Å². The predicted octanol–water partition coefficient (Wildman–Crippen LogP) is 5.02. The molecule has 11 heteroatoms. The fourth-order valence-corrected chi connectivity index (χ4v) is 5.03. The molecule has 3 aromatic heterocycles. The lowest BCUT2D eigenvalue weighted by Crippen LogP contribution is -2.22. The van der Waals surface area contributed by atoms with E-state index in [1.54, 1.807) is 34.7 Å². The van der Waals surface area contributed by atoms with Gasteiger partial charge in [0.25, 0.3) is 11.5 Å². The first-order valence-corrected chi connectivity index (χ1v) is 13.5. The molecule has 2 aromatic carbocycles. The third-order valence-corrected chi connectivity index (χ3v) is 6.94. The SMILES string of the molecule is CSNC(=O)c1nc(Cl)ccc1NC(C)c1cc(C)cc2c(=O)n(C)c(-c3ccc4cn(C)nc4c3)nc12. The zero-order chi connectivity index (χ0) is 27.1. The van der Waals surface area contributed by atoms with Gasteiger partial charge in [0.05, 0.1) is 28.1 Å². The minimum atomic E-state index is -0.358. The first-order valence-electron chi connectivity index (χ1n) is 11.9. The highest BCUT2D eigenvalue weighted by Crippen LogP contribution is 2.30. The van der Waals surface area contributed by atoms with Gasteiger partial charge in [0, 0.05) is 43.1 Å². The van der Waals surface area contributed by atoms with Gasteiger partial charge in [-0.05, 0) is 43.7 Å². The summed E-state index contributed by atoms with van der Waals surface area (Å²) in [5.41, 5.74) is 4.52. The molecule has 0 saturated carbocycles. The fraction of sp³-hybridized carbons (Fsp3) is 0.222. The van der Waals surface area contributed by atoms with Crippen molar-refractivity contribution in [3.8, 4) is 11.4 Å². The van der Waals surface area contributed by atoms with Crippen LogP contribution in [0.1, 0.15) is 34.6 Å². The molecule has 0 radical (unpaired) electrons. The van der Waals surface area contributed by atoms with Crippen LogP contribution in [0.2, 0.25) is 5.15 Å². The number of carbonyl (C=O) groups is 1. The molecule has 0 spiro atoms. The molecule has 0 bridgehead atoms. The van der Waals surface area contributed by atoms with Crippen LogP contribution < -0.4 is 15.6 Å². The number of nitrogens with one attached hydrogen (secondary N) is 2. The maximum Gasteiger partial charge on any atom is 0.281 e. The highest BCUT2D eigenvalue weighted by atomic mass is 35.5. The van der Waals surface area contributed by atoms with Crippen molar-refractivity contribution in [3.63, 3.8) is 0 Å². The average Bonchev–Trinajstić information content (AvgIpc) is 3.26. The van der Waals surface area contributed by atoms with Gasteiger partial charge in [-0.15, -0.1) is 0 Å². The standard InChI is InChI=1S/C27H26ClN7O2S/c1-14-10-18(15(2)29-20-8-9-22(28)30-24(20)26(36)33-38-5)23-19(11-14)27(37)35(4)25(31-23)16-6-7-17-13-34(3)32-21(17)12-16/h6-13,15,29H,1-5H3,(H,33,36). The van der Waals surface area contributed by atoms with Crippen molar-refractivity contribution in [3.05, 3.63) is 81.0 Å². The molecular formula is C27H26ClN7O2S. The summed E-state index contributed by atoms with van der Waals surface area (Å²) in [6.45, 7) is 3.90. The van der Waals surface area contributed by atoms with Crippen molar-refractivity contribution < 1.29 is 4.79 Å². The molecule has 0 aliphatic rings. The van der Waals surface area contributed by atoms with Crippen molar-refractivity contribution in [2.45, 2.75) is 19.9 Å². The van der Waals surface area contributed by atoms with E-state index in [1.807, 2.05) is 57.4 Å². The van der Waals surface area contributed by atoms with Gasteiger partial charge in [-0.1, -0.05) is 41.7 Å². The number of carbonyl (C=O) groups excluding carboxylic acids is 1. The number of hydrogen-bond acceptors (Lipinski definition) is 7. The van der Waals surface area contributed by atoms with E-state index in [1.165, 1.54) is 11.9 Å². The van der Waals surface area contributed by atoms with Crippen molar-refractivity contribution in [1.29, 1.82) is 0 Å². The van der Waals surface area contributed by atoms with E-state index in [0.717, 1.165) is 27.6 Å². The molecule has 194 valence electrons. The lowest BCUT2D eigenvalue weighted by atomic mass is 10.0. The number of hydrogen-bond donors (Lipinski definition) is 2. The zero-order valence-electron chi connectivity index (χ0n) is 21.5. The Morgan fingerprint density at radius 1 is 1.11 bits per heavy atom. The summed E-state index contributed by atoms with van der Waals surface area (Å²) in [6, 6.07) is 12.8. The third kappa shape index (κ3) is 4.72. The van der Waals surface area contributed by atoms with E-state index in [0.29, 0.717) is 22.4 Å². The second-order valence-electron chi connectivity index (χ2n) is 9.16. The van der Waals surface area contributed by atoms with Gasteiger partial charge < -0.3 is 5.32 Å². The number of anilines is 1. The van der Waals surface area contributed by atoms with Crippen LogP contribution in [-0.4, -0.2) is 36.5 Å². The molecule has 5 aromatic rings. The quantitative estimate of drug-likeness (QED) is 0.227. The number of aryl methyl sites for hydroxylation is 2. The van der Waals surface area contributed by atoms with Crippen molar-refractivity contribution in [2.75, 3.05) is 11.6 Å². The number of rotatable bonds is 6. The van der Waals surface area contributed by atoms with Gasteiger partial charge in [-0.3, -0.25) is 23.6 Å². The summed E-state index contributed by atoms with van der Waals surface area (Å²) >= 11 is 7.26. The summed E-state index contributed by atoms with van der Waals surface area (Å²) in [4.78, 5) is 35.4. The largest absolute Gasteiger partial charge is 0.377 e. The van der Waals surface area contributed by atoms with Crippen LogP contribution in [0.3, 0.4) is 0 Å². The van der Waals surface area contributed by atoms with Gasteiger partial charge in [0.1, 0.15) is 11.0 Å². The van der Waals surface area contributed by atoms with E-state index in [2.05, 4.69) is 20.1 Å². The summed E-state index contributed by atoms with van der Waals surface area (Å²) in [6.07, 6.45) is 3.70. The van der Waals surface area contributed by atoms with Gasteiger partial charge in [-0.2, -0.15) is 5.10 Å². The molecule has 0 fully saturated rings. The number of benzene rings is 2. The van der Waals surface area contributed by atoms with Crippen LogP contribution in [0.4, 0.5) is 5.69 Å². The maximum atomic E-state index is 13.5. The number of halogens is 1. The van der Waals surface area contributed by atoms with Crippen molar-refractivity contribution in [2.24, 2.45) is 14.1 Å². The second kappa shape index (κ2) is 10.1.